The van der Waals surface area contributed by atoms with E-state index in [1.807, 2.05) is 13.0 Å². The number of hydrogen-bond acceptors (Lipinski definition) is 4. The fourth-order valence-corrected chi connectivity index (χ4v) is 1.20. The van der Waals surface area contributed by atoms with E-state index in [4.69, 9.17) is 15.5 Å². The van der Waals surface area contributed by atoms with Gasteiger partial charge in [0.15, 0.2) is 0 Å². The predicted octanol–water partition coefficient (Wildman–Crippen LogP) is 0.632. The Morgan fingerprint density at radius 2 is 2.27 bits per heavy atom. The molecule has 0 spiro atoms. The highest BCUT2D eigenvalue weighted by Gasteiger charge is 2.04. The third-order valence-electron chi connectivity index (χ3n) is 2.03. The molecule has 1 aromatic carbocycles. The quantitative estimate of drug-likeness (QED) is 0.675. The van der Waals surface area contributed by atoms with Crippen molar-refractivity contribution >= 4 is 5.69 Å². The van der Waals surface area contributed by atoms with Crippen LogP contribution in [0.25, 0.3) is 0 Å². The van der Waals surface area contributed by atoms with E-state index >= 15 is 0 Å². The lowest BCUT2D eigenvalue weighted by molar-refractivity contribution is 0.105. The third kappa shape index (κ3) is 3.24. The van der Waals surface area contributed by atoms with Gasteiger partial charge in [-0.3, -0.25) is 0 Å². The molecule has 1 rings (SSSR count). The number of aliphatic hydroxyl groups excluding tert-OH is 2. The molecule has 0 amide bonds. The van der Waals surface area contributed by atoms with E-state index in [0.717, 1.165) is 5.56 Å². The minimum absolute atomic E-state index is 0.230. The Kier molecular flexibility index (Phi) is 4.10. The van der Waals surface area contributed by atoms with Crippen molar-refractivity contribution < 1.29 is 10.2 Å². The van der Waals surface area contributed by atoms with Crippen LogP contribution in [0.3, 0.4) is 0 Å². The van der Waals surface area contributed by atoms with Crippen LogP contribution in [0.15, 0.2) is 18.2 Å². The third-order valence-corrected chi connectivity index (χ3v) is 2.03. The Balaban J connectivity index is 2.73. The summed E-state index contributed by atoms with van der Waals surface area (Å²) in [5, 5.41) is 29.5. The zero-order chi connectivity index (χ0) is 11.3. The molecule has 0 aliphatic heterocycles. The lowest BCUT2D eigenvalue weighted by atomic mass is 10.1. The van der Waals surface area contributed by atoms with Crippen LogP contribution in [-0.4, -0.2) is 29.5 Å². The van der Waals surface area contributed by atoms with Gasteiger partial charge in [0, 0.05) is 6.54 Å². The van der Waals surface area contributed by atoms with Crippen molar-refractivity contribution in [2.45, 2.75) is 13.0 Å². The Labute approximate surface area is 88.8 Å². The molecule has 0 heterocycles. The SMILES string of the molecule is Cc1ccc(NCC(O)CO)c(C#N)c1. The number of aryl methyl sites for hydroxylation is 1. The van der Waals surface area contributed by atoms with E-state index in [9.17, 15) is 0 Å². The normalized spacial score (nSPS) is 11.9. The van der Waals surface area contributed by atoms with Crippen LogP contribution >= 0.6 is 0 Å². The van der Waals surface area contributed by atoms with E-state index in [1.54, 1.807) is 12.1 Å². The molecule has 0 saturated carbocycles. The Bertz CT molecular complexity index is 371. The molecular formula is C11H14N2O2. The molecule has 0 bridgehead atoms. The first-order valence-corrected chi connectivity index (χ1v) is 4.71. The number of nitriles is 1. The second kappa shape index (κ2) is 5.35. The average molecular weight is 206 g/mol. The van der Waals surface area contributed by atoms with E-state index < -0.39 is 6.10 Å². The summed E-state index contributed by atoms with van der Waals surface area (Å²) in [6.07, 6.45) is -0.808. The van der Waals surface area contributed by atoms with Gasteiger partial charge in [0.2, 0.25) is 0 Å². The zero-order valence-corrected chi connectivity index (χ0v) is 8.57. The first kappa shape index (κ1) is 11.5. The van der Waals surface area contributed by atoms with Crippen molar-refractivity contribution in [2.24, 2.45) is 0 Å². The molecule has 0 aliphatic rings. The van der Waals surface area contributed by atoms with Crippen LogP contribution < -0.4 is 5.32 Å². The molecule has 4 heteroatoms. The molecular weight excluding hydrogens is 192 g/mol. The summed E-state index contributed by atoms with van der Waals surface area (Å²) >= 11 is 0. The lowest BCUT2D eigenvalue weighted by Gasteiger charge is -2.11. The van der Waals surface area contributed by atoms with Gasteiger partial charge in [0.1, 0.15) is 6.07 Å². The highest BCUT2D eigenvalue weighted by molar-refractivity contribution is 5.58. The molecule has 15 heavy (non-hydrogen) atoms. The number of anilines is 1. The summed E-state index contributed by atoms with van der Waals surface area (Å²) in [7, 11) is 0. The summed E-state index contributed by atoms with van der Waals surface area (Å²) in [6, 6.07) is 7.52. The number of nitrogens with one attached hydrogen (secondary N) is 1. The van der Waals surface area contributed by atoms with Gasteiger partial charge in [-0.2, -0.15) is 5.26 Å². The summed E-state index contributed by atoms with van der Waals surface area (Å²) in [5.41, 5.74) is 2.23. The van der Waals surface area contributed by atoms with Crippen LogP contribution in [0.2, 0.25) is 0 Å². The summed E-state index contributed by atoms with van der Waals surface area (Å²) < 4.78 is 0. The molecule has 4 nitrogen and oxygen atoms in total. The minimum Gasteiger partial charge on any atom is -0.394 e. The molecule has 0 aromatic heterocycles. The lowest BCUT2D eigenvalue weighted by Crippen LogP contribution is -2.23. The fraction of sp³-hybridized carbons (Fsp3) is 0.364. The highest BCUT2D eigenvalue weighted by atomic mass is 16.3. The molecule has 0 saturated heterocycles. The van der Waals surface area contributed by atoms with Gasteiger partial charge in [-0.25, -0.2) is 0 Å². The van der Waals surface area contributed by atoms with Crippen molar-refractivity contribution in [2.75, 3.05) is 18.5 Å². The molecule has 0 radical (unpaired) electrons. The standard InChI is InChI=1S/C11H14N2O2/c1-8-2-3-11(9(4-8)5-12)13-6-10(15)7-14/h2-4,10,13-15H,6-7H2,1H3. The zero-order valence-electron chi connectivity index (χ0n) is 8.57. The predicted molar refractivity (Wildman–Crippen MR) is 57.5 cm³/mol. The Hall–Kier alpha value is -1.57. The van der Waals surface area contributed by atoms with Crippen LogP contribution in [0.5, 0.6) is 0 Å². The Morgan fingerprint density at radius 3 is 2.87 bits per heavy atom. The second-order valence-electron chi connectivity index (χ2n) is 3.38. The highest BCUT2D eigenvalue weighted by Crippen LogP contribution is 2.15. The molecule has 1 unspecified atom stereocenters. The van der Waals surface area contributed by atoms with Gasteiger partial charge in [0.05, 0.1) is 24.0 Å². The van der Waals surface area contributed by atoms with E-state index in [0.29, 0.717) is 11.3 Å². The van der Waals surface area contributed by atoms with Crippen LogP contribution in [0.4, 0.5) is 5.69 Å². The van der Waals surface area contributed by atoms with Crippen LogP contribution in [0.1, 0.15) is 11.1 Å². The van der Waals surface area contributed by atoms with Gasteiger partial charge in [-0.1, -0.05) is 6.07 Å². The Morgan fingerprint density at radius 1 is 1.53 bits per heavy atom. The van der Waals surface area contributed by atoms with Gasteiger partial charge >= 0.3 is 0 Å². The van der Waals surface area contributed by atoms with Crippen LogP contribution in [-0.2, 0) is 0 Å². The van der Waals surface area contributed by atoms with Gasteiger partial charge in [-0.15, -0.1) is 0 Å². The molecule has 1 aromatic rings. The maximum atomic E-state index is 9.14. The summed E-state index contributed by atoms with van der Waals surface area (Å²) in [4.78, 5) is 0. The van der Waals surface area contributed by atoms with Gasteiger partial charge < -0.3 is 15.5 Å². The smallest absolute Gasteiger partial charge is 0.101 e. The summed E-state index contributed by atoms with van der Waals surface area (Å²) in [6.45, 7) is 1.85. The largest absolute Gasteiger partial charge is 0.394 e. The van der Waals surface area contributed by atoms with E-state index in [1.165, 1.54) is 0 Å². The van der Waals surface area contributed by atoms with Crippen molar-refractivity contribution in [3.05, 3.63) is 29.3 Å². The van der Waals surface area contributed by atoms with Crippen molar-refractivity contribution in [3.8, 4) is 6.07 Å². The van der Waals surface area contributed by atoms with Crippen molar-refractivity contribution in [1.29, 1.82) is 5.26 Å². The monoisotopic (exact) mass is 206 g/mol. The maximum absolute atomic E-state index is 9.14. The van der Waals surface area contributed by atoms with Gasteiger partial charge in [0.25, 0.3) is 0 Å². The second-order valence-corrected chi connectivity index (χ2v) is 3.38. The van der Waals surface area contributed by atoms with Crippen molar-refractivity contribution in [1.82, 2.24) is 0 Å². The average Bonchev–Trinajstić information content (AvgIpc) is 2.26. The topological polar surface area (TPSA) is 76.3 Å². The molecule has 1 atom stereocenters. The van der Waals surface area contributed by atoms with Gasteiger partial charge in [-0.05, 0) is 24.6 Å². The number of rotatable bonds is 4. The maximum Gasteiger partial charge on any atom is 0.101 e. The first-order valence-electron chi connectivity index (χ1n) is 4.71. The number of nitrogens with zero attached hydrogens (tertiary/aromatic N) is 1. The number of benzene rings is 1. The first-order chi connectivity index (χ1) is 7.17. The number of hydrogen-bond donors (Lipinski definition) is 3. The molecule has 80 valence electrons. The van der Waals surface area contributed by atoms with Crippen molar-refractivity contribution in [3.63, 3.8) is 0 Å². The van der Waals surface area contributed by atoms with Crippen LogP contribution in [0, 0.1) is 18.3 Å². The minimum atomic E-state index is -0.808. The molecule has 3 N–H and O–H groups in total. The molecule has 0 aliphatic carbocycles. The van der Waals surface area contributed by atoms with E-state index in [-0.39, 0.29) is 13.2 Å². The number of aliphatic hydroxyl groups is 2. The summed E-state index contributed by atoms with van der Waals surface area (Å²) in [5.74, 6) is 0. The van der Waals surface area contributed by atoms with E-state index in [2.05, 4.69) is 11.4 Å². The molecule has 0 fully saturated rings. The fourth-order valence-electron chi connectivity index (χ4n) is 1.20.